The zero-order chi connectivity index (χ0) is 10.0. The second-order valence-corrected chi connectivity index (χ2v) is 3.27. The van der Waals surface area contributed by atoms with Crippen molar-refractivity contribution in [2.75, 3.05) is 5.73 Å². The summed E-state index contributed by atoms with van der Waals surface area (Å²) in [6.45, 7) is 3.94. The normalized spacial score (nSPS) is 10.4. The number of nitrogen functional groups attached to an aromatic ring is 1. The van der Waals surface area contributed by atoms with Crippen LogP contribution in [-0.4, -0.2) is 4.92 Å². The molecule has 4 nitrogen and oxygen atoms in total. The second kappa shape index (κ2) is 3.43. The lowest BCUT2D eigenvalue weighted by atomic mass is 10.0. The van der Waals surface area contributed by atoms with Crippen molar-refractivity contribution in [1.29, 1.82) is 0 Å². The molecule has 0 aliphatic heterocycles. The molecule has 0 atom stereocenters. The molecule has 0 amide bonds. The van der Waals surface area contributed by atoms with Crippen LogP contribution in [0.3, 0.4) is 0 Å². The molecule has 1 aromatic rings. The summed E-state index contributed by atoms with van der Waals surface area (Å²) >= 11 is 0. The van der Waals surface area contributed by atoms with Gasteiger partial charge in [0, 0.05) is 17.8 Å². The van der Waals surface area contributed by atoms with Gasteiger partial charge in [0.05, 0.1) is 4.92 Å². The van der Waals surface area contributed by atoms with Gasteiger partial charge >= 0.3 is 0 Å². The number of hydrogen-bond acceptors (Lipinski definition) is 3. The van der Waals surface area contributed by atoms with Crippen LogP contribution >= 0.6 is 0 Å². The van der Waals surface area contributed by atoms with E-state index in [1.807, 2.05) is 13.8 Å². The van der Waals surface area contributed by atoms with Crippen LogP contribution in [0.1, 0.15) is 25.3 Å². The van der Waals surface area contributed by atoms with Crippen molar-refractivity contribution in [3.8, 4) is 0 Å². The number of rotatable bonds is 2. The van der Waals surface area contributed by atoms with Crippen molar-refractivity contribution in [3.63, 3.8) is 0 Å². The predicted octanol–water partition coefficient (Wildman–Crippen LogP) is 2.30. The number of nitrogens with zero attached hydrogens (tertiary/aromatic N) is 1. The molecule has 0 radical (unpaired) electrons. The maximum atomic E-state index is 10.5. The zero-order valence-electron chi connectivity index (χ0n) is 7.65. The van der Waals surface area contributed by atoms with E-state index in [9.17, 15) is 10.1 Å². The first-order valence-electron chi connectivity index (χ1n) is 4.05. The van der Waals surface area contributed by atoms with Crippen molar-refractivity contribution in [2.24, 2.45) is 0 Å². The first kappa shape index (κ1) is 9.51. The molecule has 0 bridgehead atoms. The van der Waals surface area contributed by atoms with E-state index in [0.29, 0.717) is 5.69 Å². The Kier molecular flexibility index (Phi) is 2.51. The van der Waals surface area contributed by atoms with E-state index < -0.39 is 4.92 Å². The lowest BCUT2D eigenvalue weighted by Crippen LogP contribution is -1.95. The average Bonchev–Trinajstić information content (AvgIpc) is 2.03. The molecule has 0 fully saturated rings. The zero-order valence-corrected chi connectivity index (χ0v) is 7.65. The third-order valence-corrected chi connectivity index (χ3v) is 1.84. The number of nitro benzene ring substituents is 1. The maximum absolute atomic E-state index is 10.5. The van der Waals surface area contributed by atoms with Crippen LogP contribution < -0.4 is 5.73 Å². The molecule has 0 heterocycles. The summed E-state index contributed by atoms with van der Waals surface area (Å²) in [6.07, 6.45) is 0. The van der Waals surface area contributed by atoms with Gasteiger partial charge in [-0.2, -0.15) is 0 Å². The molecule has 70 valence electrons. The summed E-state index contributed by atoms with van der Waals surface area (Å²) in [5.74, 6) is 0.252. The molecule has 1 rings (SSSR count). The van der Waals surface area contributed by atoms with Gasteiger partial charge in [0.2, 0.25) is 0 Å². The molecule has 0 aromatic heterocycles. The van der Waals surface area contributed by atoms with E-state index in [-0.39, 0.29) is 11.6 Å². The average molecular weight is 180 g/mol. The minimum absolute atomic E-state index is 0.0590. The van der Waals surface area contributed by atoms with Crippen molar-refractivity contribution in [3.05, 3.63) is 33.9 Å². The van der Waals surface area contributed by atoms with Gasteiger partial charge in [0.1, 0.15) is 0 Å². The van der Waals surface area contributed by atoms with Crippen LogP contribution in [-0.2, 0) is 0 Å². The molecule has 1 aromatic carbocycles. The van der Waals surface area contributed by atoms with Crippen LogP contribution in [0.2, 0.25) is 0 Å². The van der Waals surface area contributed by atoms with E-state index in [0.717, 1.165) is 5.56 Å². The van der Waals surface area contributed by atoms with Gasteiger partial charge in [0.25, 0.3) is 5.69 Å². The molecule has 2 N–H and O–H groups in total. The highest BCUT2D eigenvalue weighted by Crippen LogP contribution is 2.23. The SMILES string of the molecule is CC(C)c1cc(N)cc([N+](=O)[O-])c1. The standard InChI is InChI=1S/C9H12N2O2/c1-6(2)7-3-8(10)5-9(4-7)11(12)13/h3-6H,10H2,1-2H3. The van der Waals surface area contributed by atoms with Gasteiger partial charge in [-0.15, -0.1) is 0 Å². The van der Waals surface area contributed by atoms with E-state index in [4.69, 9.17) is 5.73 Å². The van der Waals surface area contributed by atoms with Crippen LogP contribution in [0.4, 0.5) is 11.4 Å². The molecular weight excluding hydrogens is 168 g/mol. The lowest BCUT2D eigenvalue weighted by molar-refractivity contribution is -0.384. The van der Waals surface area contributed by atoms with Crippen LogP contribution in [0.25, 0.3) is 0 Å². The number of non-ortho nitro benzene ring substituents is 1. The van der Waals surface area contributed by atoms with Gasteiger partial charge in [-0.25, -0.2) is 0 Å². The fourth-order valence-corrected chi connectivity index (χ4v) is 1.10. The third-order valence-electron chi connectivity index (χ3n) is 1.84. The molecule has 4 heteroatoms. The number of anilines is 1. The first-order valence-corrected chi connectivity index (χ1v) is 4.05. The highest BCUT2D eigenvalue weighted by atomic mass is 16.6. The molecule has 0 spiro atoms. The molecular formula is C9H12N2O2. The van der Waals surface area contributed by atoms with Gasteiger partial charge in [0.15, 0.2) is 0 Å². The Bertz CT molecular complexity index is 334. The monoisotopic (exact) mass is 180 g/mol. The Labute approximate surface area is 76.5 Å². The van der Waals surface area contributed by atoms with E-state index in [1.165, 1.54) is 6.07 Å². The summed E-state index contributed by atoms with van der Waals surface area (Å²) in [7, 11) is 0. The molecule has 0 aliphatic rings. The van der Waals surface area contributed by atoms with E-state index in [1.54, 1.807) is 12.1 Å². The summed E-state index contributed by atoms with van der Waals surface area (Å²) < 4.78 is 0. The molecule has 0 saturated heterocycles. The Balaban J connectivity index is 3.19. The first-order chi connectivity index (χ1) is 6.00. The predicted molar refractivity (Wildman–Crippen MR) is 51.6 cm³/mol. The highest BCUT2D eigenvalue weighted by molar-refractivity contribution is 5.51. The quantitative estimate of drug-likeness (QED) is 0.431. The second-order valence-electron chi connectivity index (χ2n) is 3.27. The molecule has 0 unspecified atom stereocenters. The molecule has 13 heavy (non-hydrogen) atoms. The smallest absolute Gasteiger partial charge is 0.271 e. The largest absolute Gasteiger partial charge is 0.399 e. The fraction of sp³-hybridized carbons (Fsp3) is 0.333. The molecule has 0 aliphatic carbocycles. The van der Waals surface area contributed by atoms with Crippen LogP contribution in [0, 0.1) is 10.1 Å². The summed E-state index contributed by atoms with van der Waals surface area (Å²) in [5.41, 5.74) is 6.93. The minimum Gasteiger partial charge on any atom is -0.399 e. The fourth-order valence-electron chi connectivity index (χ4n) is 1.10. The maximum Gasteiger partial charge on any atom is 0.271 e. The third kappa shape index (κ3) is 2.18. The minimum atomic E-state index is -0.428. The van der Waals surface area contributed by atoms with Gasteiger partial charge < -0.3 is 5.73 Å². The Morgan fingerprint density at radius 3 is 2.46 bits per heavy atom. The van der Waals surface area contributed by atoms with Crippen molar-refractivity contribution < 1.29 is 4.92 Å². The number of benzene rings is 1. The van der Waals surface area contributed by atoms with Gasteiger partial charge in [-0.1, -0.05) is 13.8 Å². The highest BCUT2D eigenvalue weighted by Gasteiger charge is 2.09. The van der Waals surface area contributed by atoms with Crippen LogP contribution in [0.15, 0.2) is 18.2 Å². The summed E-state index contributed by atoms with van der Waals surface area (Å²) in [6, 6.07) is 4.69. The van der Waals surface area contributed by atoms with Crippen LogP contribution in [0.5, 0.6) is 0 Å². The van der Waals surface area contributed by atoms with E-state index in [2.05, 4.69) is 0 Å². The van der Waals surface area contributed by atoms with Crippen molar-refractivity contribution >= 4 is 11.4 Å². The number of nitrogens with two attached hydrogens (primary N) is 1. The Morgan fingerprint density at radius 1 is 1.38 bits per heavy atom. The Hall–Kier alpha value is -1.58. The topological polar surface area (TPSA) is 69.2 Å². The Morgan fingerprint density at radius 2 is 2.00 bits per heavy atom. The van der Waals surface area contributed by atoms with Crippen molar-refractivity contribution in [2.45, 2.75) is 19.8 Å². The summed E-state index contributed by atoms with van der Waals surface area (Å²) in [5, 5.41) is 10.5. The van der Waals surface area contributed by atoms with E-state index >= 15 is 0 Å². The van der Waals surface area contributed by atoms with Gasteiger partial charge in [-0.3, -0.25) is 10.1 Å². The van der Waals surface area contributed by atoms with Crippen molar-refractivity contribution in [1.82, 2.24) is 0 Å². The van der Waals surface area contributed by atoms with Gasteiger partial charge in [-0.05, 0) is 17.5 Å². The number of nitro groups is 1. The lowest BCUT2D eigenvalue weighted by Gasteiger charge is -2.05. The summed E-state index contributed by atoms with van der Waals surface area (Å²) in [4.78, 5) is 10.0. The number of hydrogen-bond donors (Lipinski definition) is 1. The molecule has 0 saturated carbocycles.